The molecule has 2 aromatic rings. The summed E-state index contributed by atoms with van der Waals surface area (Å²) in [6, 6.07) is 7.86. The number of nitrogens with zero attached hydrogens (tertiary/aromatic N) is 1. The second kappa shape index (κ2) is 9.38. The SMILES string of the molecule is CCC[C@@H]1O[C@@H]2CC3C4CCC5=CC(=O)C=CC5(C)C4C(O)CC3(C)[C@]2(C(=O)CSc2nc3ccccc3[nH]2)O1. The molecule has 1 saturated heterocycles. The maximum atomic E-state index is 14.4. The first-order valence-electron chi connectivity index (χ1n) is 14.8. The Kier molecular flexibility index (Phi) is 6.24. The van der Waals surface area contributed by atoms with E-state index in [0.717, 1.165) is 48.7 Å². The van der Waals surface area contributed by atoms with E-state index in [-0.39, 0.29) is 46.6 Å². The number of rotatable bonds is 6. The quantitative estimate of drug-likeness (QED) is 0.455. The fourth-order valence-electron chi connectivity index (χ4n) is 9.24. The number of hydrogen-bond donors (Lipinski definition) is 2. The van der Waals surface area contributed by atoms with Gasteiger partial charge in [-0.3, -0.25) is 9.59 Å². The van der Waals surface area contributed by atoms with E-state index in [9.17, 15) is 14.7 Å². The molecule has 0 amide bonds. The van der Waals surface area contributed by atoms with Crippen molar-refractivity contribution in [2.75, 3.05) is 5.75 Å². The first-order valence-corrected chi connectivity index (χ1v) is 15.7. The average molecular weight is 563 g/mol. The van der Waals surface area contributed by atoms with Crippen molar-refractivity contribution in [3.63, 3.8) is 0 Å². The van der Waals surface area contributed by atoms with Crippen LogP contribution in [0.5, 0.6) is 0 Å². The molecule has 6 unspecified atom stereocenters. The van der Waals surface area contributed by atoms with E-state index in [1.165, 1.54) is 11.8 Å². The second-order valence-electron chi connectivity index (χ2n) is 12.9. The number of aromatic amines is 1. The molecule has 4 fully saturated rings. The van der Waals surface area contributed by atoms with Gasteiger partial charge in [0.1, 0.15) is 0 Å². The second-order valence-corrected chi connectivity index (χ2v) is 13.9. The van der Waals surface area contributed by atoms with Crippen molar-refractivity contribution < 1.29 is 24.2 Å². The van der Waals surface area contributed by atoms with E-state index in [4.69, 9.17) is 9.47 Å². The molecule has 2 heterocycles. The summed E-state index contributed by atoms with van der Waals surface area (Å²) in [5.41, 5.74) is 0.949. The van der Waals surface area contributed by atoms with Gasteiger partial charge in [-0.15, -0.1) is 0 Å². The number of carbonyl (C=O) groups excluding carboxylic acids is 2. The van der Waals surface area contributed by atoms with Crippen LogP contribution in [0.3, 0.4) is 0 Å². The van der Waals surface area contributed by atoms with Gasteiger partial charge in [-0.05, 0) is 68.2 Å². The number of nitrogens with one attached hydrogen (secondary N) is 1. The third-order valence-corrected chi connectivity index (χ3v) is 11.8. The largest absolute Gasteiger partial charge is 0.393 e. The lowest BCUT2D eigenvalue weighted by Crippen LogP contribution is -2.63. The van der Waals surface area contributed by atoms with Gasteiger partial charge in [-0.25, -0.2) is 4.98 Å². The van der Waals surface area contributed by atoms with Gasteiger partial charge in [-0.1, -0.05) is 62.7 Å². The highest BCUT2D eigenvalue weighted by molar-refractivity contribution is 7.99. The zero-order valence-corrected chi connectivity index (χ0v) is 24.2. The van der Waals surface area contributed by atoms with Gasteiger partial charge in [0.2, 0.25) is 0 Å². The predicted octanol–water partition coefficient (Wildman–Crippen LogP) is 5.39. The number of ketones is 2. The number of hydrogen-bond acceptors (Lipinski definition) is 7. The molecule has 2 N–H and O–H groups in total. The highest BCUT2D eigenvalue weighted by Gasteiger charge is 2.75. The standard InChI is InChI=1S/C32H38N2O5S/c1-4-7-27-38-26-15-21-20-11-10-18-14-19(35)12-13-30(18,2)28(20)24(36)16-31(21,3)32(26,39-27)25(37)17-40-29-33-22-8-5-6-9-23(22)34-29/h5-6,8-9,12-14,20-21,24,26-28,36H,4,7,10-11,15-17H2,1-3H3,(H,33,34)/t20?,21?,24?,26-,27-,28?,30?,31?,32-/m1/s1. The molecule has 0 spiro atoms. The van der Waals surface area contributed by atoms with E-state index in [1.807, 2.05) is 30.3 Å². The number of fused-ring (bicyclic) bond motifs is 8. The smallest absolute Gasteiger partial charge is 0.178 e. The topological polar surface area (TPSA) is 102 Å². The number of benzene rings is 1. The first-order chi connectivity index (χ1) is 19.2. The lowest BCUT2D eigenvalue weighted by molar-refractivity contribution is -0.197. The Hall–Kier alpha value is -2.26. The maximum Gasteiger partial charge on any atom is 0.178 e. The molecule has 1 aromatic carbocycles. The van der Waals surface area contributed by atoms with Crippen LogP contribution in [0.15, 0.2) is 53.2 Å². The summed E-state index contributed by atoms with van der Waals surface area (Å²) in [7, 11) is 0. The predicted molar refractivity (Wildman–Crippen MR) is 153 cm³/mol. The van der Waals surface area contributed by atoms with E-state index in [1.54, 1.807) is 12.2 Å². The van der Waals surface area contributed by atoms with Crippen molar-refractivity contribution in [1.82, 2.24) is 9.97 Å². The number of ether oxygens (including phenoxy) is 2. The fraction of sp³-hybridized carbons (Fsp3) is 0.594. The fourth-order valence-corrected chi connectivity index (χ4v) is 10.1. The summed E-state index contributed by atoms with van der Waals surface area (Å²) < 4.78 is 13.3. The van der Waals surface area contributed by atoms with Crippen LogP contribution in [0.25, 0.3) is 11.0 Å². The minimum atomic E-state index is -1.10. The van der Waals surface area contributed by atoms with Crippen LogP contribution in [0.4, 0.5) is 0 Å². The summed E-state index contributed by atoms with van der Waals surface area (Å²) in [6.45, 7) is 6.45. The van der Waals surface area contributed by atoms with Crippen LogP contribution in [0.2, 0.25) is 0 Å². The number of aliphatic hydroxyl groups excluding tert-OH is 1. The third-order valence-electron chi connectivity index (χ3n) is 10.9. The monoisotopic (exact) mass is 562 g/mol. The third kappa shape index (κ3) is 3.65. The summed E-state index contributed by atoms with van der Waals surface area (Å²) in [6.07, 6.45) is 8.72. The molecule has 5 aliphatic rings. The molecule has 1 aromatic heterocycles. The number of Topliss-reactive ketones (excluding diaryl/α,β-unsaturated/α-hetero) is 1. The number of imidazole rings is 1. The number of carbonyl (C=O) groups is 2. The van der Waals surface area contributed by atoms with Gasteiger partial charge in [0.05, 0.1) is 29.0 Å². The van der Waals surface area contributed by atoms with E-state index >= 15 is 0 Å². The summed E-state index contributed by atoms with van der Waals surface area (Å²) in [5.74, 6) is 0.675. The molecule has 1 aliphatic heterocycles. The Morgan fingerprint density at radius 1 is 1.27 bits per heavy atom. The van der Waals surface area contributed by atoms with Crippen molar-refractivity contribution in [2.45, 2.75) is 88.6 Å². The summed E-state index contributed by atoms with van der Waals surface area (Å²) >= 11 is 1.41. The Balaban J connectivity index is 1.22. The highest BCUT2D eigenvalue weighted by atomic mass is 32.2. The molecule has 0 radical (unpaired) electrons. The van der Waals surface area contributed by atoms with Crippen molar-refractivity contribution in [3.8, 4) is 0 Å². The van der Waals surface area contributed by atoms with Crippen molar-refractivity contribution in [2.24, 2.45) is 28.6 Å². The van der Waals surface area contributed by atoms with E-state index in [2.05, 4.69) is 30.7 Å². The highest BCUT2D eigenvalue weighted by Crippen LogP contribution is 2.69. The molecule has 40 heavy (non-hydrogen) atoms. The summed E-state index contributed by atoms with van der Waals surface area (Å²) in [4.78, 5) is 34.6. The molecule has 212 valence electrons. The maximum absolute atomic E-state index is 14.4. The molecular formula is C32H38N2O5S. The van der Waals surface area contributed by atoms with Gasteiger partial charge in [-0.2, -0.15) is 0 Å². The normalized spacial score (nSPS) is 41.8. The van der Waals surface area contributed by atoms with Gasteiger partial charge in [0, 0.05) is 16.7 Å². The van der Waals surface area contributed by atoms with Crippen molar-refractivity contribution in [1.29, 1.82) is 0 Å². The number of para-hydroxylation sites is 2. The van der Waals surface area contributed by atoms with Crippen LogP contribution in [0, 0.1) is 28.6 Å². The molecule has 8 heteroatoms. The van der Waals surface area contributed by atoms with Crippen LogP contribution >= 0.6 is 11.8 Å². The van der Waals surface area contributed by atoms with E-state index in [0.29, 0.717) is 11.6 Å². The zero-order chi connectivity index (χ0) is 27.9. The minimum Gasteiger partial charge on any atom is -0.393 e. The molecule has 3 saturated carbocycles. The average Bonchev–Trinajstić information content (AvgIpc) is 3.57. The van der Waals surface area contributed by atoms with Crippen molar-refractivity contribution in [3.05, 3.63) is 48.1 Å². The van der Waals surface area contributed by atoms with Crippen LogP contribution < -0.4 is 0 Å². The van der Waals surface area contributed by atoms with Gasteiger partial charge < -0.3 is 19.6 Å². The lowest BCUT2D eigenvalue weighted by atomic mass is 9.46. The van der Waals surface area contributed by atoms with E-state index < -0.39 is 23.4 Å². The number of aliphatic hydroxyl groups is 1. The van der Waals surface area contributed by atoms with Gasteiger partial charge in [0.25, 0.3) is 0 Å². The lowest BCUT2D eigenvalue weighted by Gasteiger charge is -2.59. The number of allylic oxidation sites excluding steroid dienone is 4. The van der Waals surface area contributed by atoms with Crippen LogP contribution in [-0.4, -0.2) is 56.5 Å². The molecule has 4 aliphatic carbocycles. The van der Waals surface area contributed by atoms with Gasteiger partial charge >= 0.3 is 0 Å². The number of H-pyrrole nitrogens is 1. The number of aromatic nitrogens is 2. The molecule has 0 bridgehead atoms. The molecule has 9 atom stereocenters. The molecule has 7 rings (SSSR count). The first kappa shape index (κ1) is 26.6. The minimum absolute atomic E-state index is 0.00253. The van der Waals surface area contributed by atoms with Gasteiger partial charge in [0.15, 0.2) is 28.6 Å². The number of thioether (sulfide) groups is 1. The van der Waals surface area contributed by atoms with Crippen LogP contribution in [-0.2, 0) is 19.1 Å². The Bertz CT molecular complexity index is 1400. The Morgan fingerprint density at radius 3 is 2.90 bits per heavy atom. The summed E-state index contributed by atoms with van der Waals surface area (Å²) in [5, 5.41) is 12.6. The Morgan fingerprint density at radius 2 is 2.10 bits per heavy atom. The molecule has 7 nitrogen and oxygen atoms in total. The molecular weight excluding hydrogens is 524 g/mol. The van der Waals surface area contributed by atoms with Crippen LogP contribution in [0.1, 0.15) is 59.3 Å². The Labute approximate surface area is 239 Å². The zero-order valence-electron chi connectivity index (χ0n) is 23.4. The van der Waals surface area contributed by atoms with Crippen molar-refractivity contribution >= 4 is 34.4 Å².